The maximum Gasteiger partial charge on any atom is 0.246 e. The average molecular weight is 155 g/mol. The maximum atomic E-state index is 5.21. The molecule has 0 N–H and O–H groups in total. The standard InChI is InChI=1S/C8H15OSi/c1-8(2)6-4-3-5-7(8)9-10/h7H,3-6H2,1-2H3. The molecule has 0 aromatic rings. The van der Waals surface area contributed by atoms with Crippen molar-refractivity contribution in [2.75, 3.05) is 0 Å². The van der Waals surface area contributed by atoms with Crippen LogP contribution in [0.4, 0.5) is 0 Å². The van der Waals surface area contributed by atoms with Gasteiger partial charge < -0.3 is 4.43 Å². The predicted octanol–water partition coefficient (Wildman–Crippen LogP) is 2.06. The number of hydrogen-bond donors (Lipinski definition) is 0. The van der Waals surface area contributed by atoms with Crippen LogP contribution in [0.2, 0.25) is 0 Å². The molecule has 0 amide bonds. The van der Waals surface area contributed by atoms with Crippen LogP contribution in [-0.2, 0) is 4.43 Å². The SMILES string of the molecule is CC1(C)CCCCC1O[Si]. The second-order valence-electron chi connectivity index (χ2n) is 3.84. The van der Waals surface area contributed by atoms with Crippen LogP contribution in [-0.4, -0.2) is 16.6 Å². The molecule has 1 fully saturated rings. The van der Waals surface area contributed by atoms with E-state index in [0.29, 0.717) is 11.5 Å². The fourth-order valence-corrected chi connectivity index (χ4v) is 2.12. The molecule has 1 unspecified atom stereocenters. The molecule has 0 bridgehead atoms. The van der Waals surface area contributed by atoms with E-state index in [0.717, 1.165) is 0 Å². The molecule has 0 aliphatic heterocycles. The lowest BCUT2D eigenvalue weighted by atomic mass is 9.75. The van der Waals surface area contributed by atoms with E-state index in [4.69, 9.17) is 4.43 Å². The zero-order valence-corrected chi connectivity index (χ0v) is 7.81. The molecule has 0 spiro atoms. The van der Waals surface area contributed by atoms with E-state index in [9.17, 15) is 0 Å². The zero-order valence-electron chi connectivity index (χ0n) is 6.81. The molecule has 1 rings (SSSR count). The molecule has 0 aromatic heterocycles. The third-order valence-corrected chi connectivity index (χ3v) is 2.84. The fraction of sp³-hybridized carbons (Fsp3) is 1.00. The molecule has 10 heavy (non-hydrogen) atoms. The zero-order chi connectivity index (χ0) is 7.61. The third kappa shape index (κ3) is 1.61. The van der Waals surface area contributed by atoms with Crippen molar-refractivity contribution >= 4 is 10.5 Å². The quantitative estimate of drug-likeness (QED) is 0.527. The van der Waals surface area contributed by atoms with Gasteiger partial charge in [-0.15, -0.1) is 0 Å². The minimum Gasteiger partial charge on any atom is -0.415 e. The largest absolute Gasteiger partial charge is 0.415 e. The summed E-state index contributed by atoms with van der Waals surface area (Å²) in [6.45, 7) is 4.55. The van der Waals surface area contributed by atoms with Gasteiger partial charge >= 0.3 is 0 Å². The second-order valence-corrected chi connectivity index (χ2v) is 4.08. The van der Waals surface area contributed by atoms with Crippen LogP contribution < -0.4 is 0 Å². The van der Waals surface area contributed by atoms with E-state index >= 15 is 0 Å². The summed E-state index contributed by atoms with van der Waals surface area (Å²) in [6, 6.07) is 0. The highest BCUT2D eigenvalue weighted by Gasteiger charge is 2.31. The van der Waals surface area contributed by atoms with Gasteiger partial charge in [-0.3, -0.25) is 0 Å². The summed E-state index contributed by atoms with van der Waals surface area (Å²) in [4.78, 5) is 0. The Morgan fingerprint density at radius 3 is 2.50 bits per heavy atom. The summed E-state index contributed by atoms with van der Waals surface area (Å²) in [5.41, 5.74) is 0.375. The first-order chi connectivity index (χ1) is 4.67. The van der Waals surface area contributed by atoms with Gasteiger partial charge in [-0.25, -0.2) is 0 Å². The Morgan fingerprint density at radius 2 is 2.10 bits per heavy atom. The lowest BCUT2D eigenvalue weighted by Gasteiger charge is -2.37. The topological polar surface area (TPSA) is 9.23 Å². The third-order valence-electron chi connectivity index (χ3n) is 2.55. The van der Waals surface area contributed by atoms with E-state index in [2.05, 4.69) is 24.3 Å². The van der Waals surface area contributed by atoms with Gasteiger partial charge in [0, 0.05) is 6.10 Å². The summed E-state index contributed by atoms with van der Waals surface area (Å²) in [5.74, 6) is 0. The molecule has 1 atom stereocenters. The van der Waals surface area contributed by atoms with E-state index in [1.54, 1.807) is 0 Å². The van der Waals surface area contributed by atoms with Crippen LogP contribution in [0.15, 0.2) is 0 Å². The molecular formula is C8H15OSi. The maximum absolute atomic E-state index is 5.21. The molecule has 1 nitrogen and oxygen atoms in total. The Hall–Kier alpha value is 0.177. The monoisotopic (exact) mass is 155 g/mol. The Kier molecular flexibility index (Phi) is 2.53. The predicted molar refractivity (Wildman–Crippen MR) is 42.9 cm³/mol. The van der Waals surface area contributed by atoms with Crippen molar-refractivity contribution in [1.82, 2.24) is 0 Å². The van der Waals surface area contributed by atoms with Crippen molar-refractivity contribution in [2.45, 2.75) is 45.6 Å². The lowest BCUT2D eigenvalue weighted by Crippen LogP contribution is -2.34. The first-order valence-corrected chi connectivity index (χ1v) is 4.40. The lowest BCUT2D eigenvalue weighted by molar-refractivity contribution is 0.0407. The summed E-state index contributed by atoms with van der Waals surface area (Å²) < 4.78 is 5.21. The van der Waals surface area contributed by atoms with Crippen molar-refractivity contribution in [1.29, 1.82) is 0 Å². The Labute approximate surface area is 66.7 Å². The number of hydrogen-bond acceptors (Lipinski definition) is 1. The Morgan fingerprint density at radius 1 is 1.40 bits per heavy atom. The van der Waals surface area contributed by atoms with E-state index in [1.165, 1.54) is 25.7 Å². The van der Waals surface area contributed by atoms with Gasteiger partial charge in [0.2, 0.25) is 10.5 Å². The van der Waals surface area contributed by atoms with Gasteiger partial charge in [0.05, 0.1) is 0 Å². The van der Waals surface area contributed by atoms with Crippen molar-refractivity contribution in [3.8, 4) is 0 Å². The smallest absolute Gasteiger partial charge is 0.246 e. The minimum absolute atomic E-state index is 0.375. The molecule has 0 aromatic carbocycles. The van der Waals surface area contributed by atoms with Gasteiger partial charge in [-0.2, -0.15) is 0 Å². The highest BCUT2D eigenvalue weighted by atomic mass is 28.2. The van der Waals surface area contributed by atoms with Gasteiger partial charge in [0.1, 0.15) is 0 Å². The molecule has 0 saturated heterocycles. The van der Waals surface area contributed by atoms with Crippen LogP contribution in [0, 0.1) is 5.41 Å². The van der Waals surface area contributed by atoms with Gasteiger partial charge in [0.15, 0.2) is 0 Å². The molecule has 3 radical (unpaired) electrons. The van der Waals surface area contributed by atoms with Crippen LogP contribution in [0.1, 0.15) is 39.5 Å². The van der Waals surface area contributed by atoms with Crippen LogP contribution in [0.25, 0.3) is 0 Å². The highest BCUT2D eigenvalue weighted by molar-refractivity contribution is 5.98. The highest BCUT2D eigenvalue weighted by Crippen LogP contribution is 2.36. The summed E-state index contributed by atoms with van der Waals surface area (Å²) in [6.07, 6.45) is 5.59. The molecule has 2 heteroatoms. The van der Waals surface area contributed by atoms with Crippen molar-refractivity contribution in [2.24, 2.45) is 5.41 Å². The molecule has 1 aliphatic rings. The van der Waals surface area contributed by atoms with E-state index < -0.39 is 0 Å². The van der Waals surface area contributed by atoms with Crippen molar-refractivity contribution in [3.63, 3.8) is 0 Å². The Bertz CT molecular complexity index is 112. The van der Waals surface area contributed by atoms with Gasteiger partial charge in [0.25, 0.3) is 0 Å². The second kappa shape index (κ2) is 3.05. The molecule has 1 saturated carbocycles. The van der Waals surface area contributed by atoms with Crippen LogP contribution >= 0.6 is 0 Å². The average Bonchev–Trinajstić information content (AvgIpc) is 1.87. The molecular weight excluding hydrogens is 140 g/mol. The van der Waals surface area contributed by atoms with Crippen LogP contribution in [0.5, 0.6) is 0 Å². The molecule has 0 heterocycles. The van der Waals surface area contributed by atoms with Gasteiger partial charge in [-0.1, -0.05) is 26.7 Å². The van der Waals surface area contributed by atoms with E-state index in [-0.39, 0.29) is 0 Å². The van der Waals surface area contributed by atoms with E-state index in [1.807, 2.05) is 0 Å². The minimum atomic E-state index is 0.375. The van der Waals surface area contributed by atoms with Crippen molar-refractivity contribution < 1.29 is 4.43 Å². The molecule has 1 aliphatic carbocycles. The van der Waals surface area contributed by atoms with Gasteiger partial charge in [-0.05, 0) is 18.3 Å². The molecule has 57 valence electrons. The summed E-state index contributed by atoms with van der Waals surface area (Å²) in [7, 11) is 3.13. The first kappa shape index (κ1) is 8.28. The van der Waals surface area contributed by atoms with Crippen LogP contribution in [0.3, 0.4) is 0 Å². The summed E-state index contributed by atoms with van der Waals surface area (Å²) in [5, 5.41) is 0. The van der Waals surface area contributed by atoms with Crippen molar-refractivity contribution in [3.05, 3.63) is 0 Å². The first-order valence-electron chi connectivity index (χ1n) is 3.99. The number of rotatable bonds is 1. The Balaban J connectivity index is 2.51. The normalized spacial score (nSPS) is 32.1. The fourth-order valence-electron chi connectivity index (χ4n) is 1.68. The summed E-state index contributed by atoms with van der Waals surface area (Å²) >= 11 is 0.